The molecule has 0 heterocycles. The Labute approximate surface area is 141 Å². The van der Waals surface area contributed by atoms with Gasteiger partial charge in [-0.15, -0.1) is 0 Å². The van der Waals surface area contributed by atoms with Crippen molar-refractivity contribution in [2.75, 3.05) is 0 Å². The van der Waals surface area contributed by atoms with Crippen LogP contribution >= 0.6 is 0 Å². The zero-order chi connectivity index (χ0) is 16.1. The van der Waals surface area contributed by atoms with E-state index in [1.807, 2.05) is 0 Å². The van der Waals surface area contributed by atoms with Gasteiger partial charge in [-0.3, -0.25) is 0 Å². The molecule has 3 atom stereocenters. The molecule has 3 aliphatic rings. The SMILES string of the molecule is C/C(=N/OC(=O)CC1CCCCC1)C1CCC2CCCCC2C1. The van der Waals surface area contributed by atoms with Crippen LogP contribution in [0.15, 0.2) is 5.16 Å². The highest BCUT2D eigenvalue weighted by Gasteiger charge is 2.33. The highest BCUT2D eigenvalue weighted by molar-refractivity contribution is 5.84. The number of nitrogens with zero attached hydrogens (tertiary/aromatic N) is 1. The van der Waals surface area contributed by atoms with Gasteiger partial charge in [-0.2, -0.15) is 0 Å². The quantitative estimate of drug-likeness (QED) is 0.391. The van der Waals surface area contributed by atoms with Gasteiger partial charge in [0.15, 0.2) is 0 Å². The molecule has 3 heteroatoms. The molecule has 0 aliphatic heterocycles. The Bertz CT molecular complexity index is 425. The minimum Gasteiger partial charge on any atom is -0.318 e. The van der Waals surface area contributed by atoms with Crippen LogP contribution in [0.25, 0.3) is 0 Å². The molecule has 23 heavy (non-hydrogen) atoms. The first kappa shape index (κ1) is 17.0. The highest BCUT2D eigenvalue weighted by atomic mass is 16.7. The van der Waals surface area contributed by atoms with Crippen molar-refractivity contribution >= 4 is 11.7 Å². The molecule has 0 aromatic rings. The first-order valence-corrected chi connectivity index (χ1v) is 9.96. The summed E-state index contributed by atoms with van der Waals surface area (Å²) in [5.41, 5.74) is 1.05. The predicted octanol–water partition coefficient (Wildman–Crippen LogP) is 5.48. The maximum absolute atomic E-state index is 12.0. The Kier molecular flexibility index (Phi) is 6.13. The summed E-state index contributed by atoms with van der Waals surface area (Å²) in [4.78, 5) is 17.2. The Morgan fingerprint density at radius 1 is 0.913 bits per heavy atom. The van der Waals surface area contributed by atoms with Crippen molar-refractivity contribution in [1.82, 2.24) is 0 Å². The maximum atomic E-state index is 12.0. The van der Waals surface area contributed by atoms with Gasteiger partial charge in [0.25, 0.3) is 0 Å². The fourth-order valence-corrected chi connectivity index (χ4v) is 5.11. The Morgan fingerprint density at radius 2 is 1.61 bits per heavy atom. The fraction of sp³-hybridized carbons (Fsp3) is 0.900. The van der Waals surface area contributed by atoms with Crippen molar-refractivity contribution in [3.8, 4) is 0 Å². The molecule has 0 aromatic carbocycles. The van der Waals surface area contributed by atoms with Gasteiger partial charge >= 0.3 is 5.97 Å². The normalized spacial score (nSPS) is 33.1. The minimum atomic E-state index is -0.123. The molecule has 130 valence electrons. The average Bonchev–Trinajstić information content (AvgIpc) is 2.60. The van der Waals surface area contributed by atoms with Crippen LogP contribution in [0, 0.1) is 23.7 Å². The molecule has 3 fully saturated rings. The third-order valence-electron chi connectivity index (χ3n) is 6.60. The van der Waals surface area contributed by atoms with Gasteiger partial charge < -0.3 is 4.84 Å². The van der Waals surface area contributed by atoms with E-state index in [9.17, 15) is 4.79 Å². The standard InChI is InChI=1S/C20H33NO2/c1-15(18-12-11-17-9-5-6-10-19(17)14-18)21-23-20(22)13-16-7-3-2-4-8-16/h16-19H,2-14H2,1H3/b21-15-. The molecule has 0 N–H and O–H groups in total. The summed E-state index contributed by atoms with van der Waals surface area (Å²) in [7, 11) is 0. The molecule has 0 saturated heterocycles. The molecule has 3 saturated carbocycles. The van der Waals surface area contributed by atoms with E-state index in [0.717, 1.165) is 17.5 Å². The monoisotopic (exact) mass is 319 g/mol. The second-order valence-corrected chi connectivity index (χ2v) is 8.22. The summed E-state index contributed by atoms with van der Waals surface area (Å²) >= 11 is 0. The lowest BCUT2D eigenvalue weighted by molar-refractivity contribution is -0.145. The zero-order valence-corrected chi connectivity index (χ0v) is 14.8. The summed E-state index contributed by atoms with van der Waals surface area (Å²) in [6.07, 6.45) is 16.3. The van der Waals surface area contributed by atoms with E-state index in [4.69, 9.17) is 4.84 Å². The summed E-state index contributed by atoms with van der Waals surface area (Å²) < 4.78 is 0. The second-order valence-electron chi connectivity index (χ2n) is 8.22. The van der Waals surface area contributed by atoms with Gasteiger partial charge in [0.2, 0.25) is 0 Å². The molecule has 3 rings (SSSR count). The lowest BCUT2D eigenvalue weighted by Gasteiger charge is -2.39. The van der Waals surface area contributed by atoms with E-state index >= 15 is 0 Å². The van der Waals surface area contributed by atoms with Crippen molar-refractivity contribution in [1.29, 1.82) is 0 Å². The summed E-state index contributed by atoms with van der Waals surface area (Å²) in [6, 6.07) is 0. The number of carbonyl (C=O) groups is 1. The molecule has 0 bridgehead atoms. The minimum absolute atomic E-state index is 0.123. The first-order valence-electron chi connectivity index (χ1n) is 9.96. The molecule has 3 unspecified atom stereocenters. The van der Waals surface area contributed by atoms with Crippen molar-refractivity contribution in [3.63, 3.8) is 0 Å². The Morgan fingerprint density at radius 3 is 2.39 bits per heavy atom. The second kappa shape index (κ2) is 8.30. The molecular weight excluding hydrogens is 286 g/mol. The van der Waals surface area contributed by atoms with Crippen LogP contribution in [0.4, 0.5) is 0 Å². The van der Waals surface area contributed by atoms with E-state index in [0.29, 0.717) is 18.3 Å². The maximum Gasteiger partial charge on any atom is 0.335 e. The van der Waals surface area contributed by atoms with E-state index in [2.05, 4.69) is 12.1 Å². The number of fused-ring (bicyclic) bond motifs is 1. The third-order valence-corrected chi connectivity index (χ3v) is 6.60. The lowest BCUT2D eigenvalue weighted by Crippen LogP contribution is -2.30. The van der Waals surface area contributed by atoms with Gasteiger partial charge in [-0.25, -0.2) is 4.79 Å². The van der Waals surface area contributed by atoms with Crippen molar-refractivity contribution < 1.29 is 9.63 Å². The summed E-state index contributed by atoms with van der Waals surface area (Å²) in [5.74, 6) is 2.80. The molecule has 0 amide bonds. The van der Waals surface area contributed by atoms with Gasteiger partial charge in [0, 0.05) is 5.92 Å². The number of carbonyl (C=O) groups excluding carboxylic acids is 1. The fourth-order valence-electron chi connectivity index (χ4n) is 5.11. The van der Waals surface area contributed by atoms with Crippen LogP contribution in [0.2, 0.25) is 0 Å². The predicted molar refractivity (Wildman–Crippen MR) is 93.2 cm³/mol. The van der Waals surface area contributed by atoms with Crippen molar-refractivity contribution in [2.45, 2.75) is 90.4 Å². The summed E-state index contributed by atoms with van der Waals surface area (Å²) in [5, 5.41) is 4.22. The van der Waals surface area contributed by atoms with E-state index in [1.165, 1.54) is 77.0 Å². The number of hydrogen-bond acceptors (Lipinski definition) is 3. The molecule has 0 spiro atoms. The molecule has 0 aromatic heterocycles. The van der Waals surface area contributed by atoms with Crippen LogP contribution in [0.3, 0.4) is 0 Å². The van der Waals surface area contributed by atoms with E-state index in [-0.39, 0.29) is 5.97 Å². The summed E-state index contributed by atoms with van der Waals surface area (Å²) in [6.45, 7) is 2.06. The van der Waals surface area contributed by atoms with Crippen LogP contribution in [-0.4, -0.2) is 11.7 Å². The average molecular weight is 319 g/mol. The number of oxime groups is 1. The number of hydrogen-bond donors (Lipinski definition) is 0. The highest BCUT2D eigenvalue weighted by Crippen LogP contribution is 2.43. The van der Waals surface area contributed by atoms with Crippen LogP contribution < -0.4 is 0 Å². The van der Waals surface area contributed by atoms with Crippen molar-refractivity contribution in [3.05, 3.63) is 0 Å². The third kappa shape index (κ3) is 4.81. The topological polar surface area (TPSA) is 38.7 Å². The van der Waals surface area contributed by atoms with Gasteiger partial charge in [0.1, 0.15) is 0 Å². The largest absolute Gasteiger partial charge is 0.335 e. The lowest BCUT2D eigenvalue weighted by atomic mass is 9.67. The smallest absolute Gasteiger partial charge is 0.318 e. The molecular formula is C20H33NO2. The van der Waals surface area contributed by atoms with Crippen LogP contribution in [0.1, 0.15) is 90.4 Å². The zero-order valence-electron chi connectivity index (χ0n) is 14.8. The van der Waals surface area contributed by atoms with E-state index < -0.39 is 0 Å². The Hall–Kier alpha value is -0.860. The van der Waals surface area contributed by atoms with E-state index in [1.54, 1.807) is 0 Å². The van der Waals surface area contributed by atoms with Gasteiger partial charge in [0.05, 0.1) is 12.1 Å². The van der Waals surface area contributed by atoms with Crippen LogP contribution in [-0.2, 0) is 9.63 Å². The molecule has 3 aliphatic carbocycles. The van der Waals surface area contributed by atoms with Gasteiger partial charge in [-0.1, -0.05) is 50.1 Å². The number of rotatable bonds is 4. The molecule has 0 radical (unpaired) electrons. The molecule has 3 nitrogen and oxygen atoms in total. The van der Waals surface area contributed by atoms with Gasteiger partial charge in [-0.05, 0) is 56.8 Å². The van der Waals surface area contributed by atoms with Crippen molar-refractivity contribution in [2.24, 2.45) is 28.8 Å². The van der Waals surface area contributed by atoms with Crippen LogP contribution in [0.5, 0.6) is 0 Å². The Balaban J connectivity index is 1.44. The first-order chi connectivity index (χ1) is 11.2.